The molecular formula is C10H11NO4. The maximum Gasteiger partial charge on any atom is 0.337 e. The Morgan fingerprint density at radius 2 is 2.40 bits per heavy atom. The van der Waals surface area contributed by atoms with Gasteiger partial charge in [0.05, 0.1) is 31.1 Å². The number of carbonyl (C=O) groups is 1. The van der Waals surface area contributed by atoms with Gasteiger partial charge in [0.2, 0.25) is 0 Å². The van der Waals surface area contributed by atoms with Crippen molar-refractivity contribution in [1.29, 1.82) is 0 Å². The van der Waals surface area contributed by atoms with Gasteiger partial charge in [0.25, 0.3) is 0 Å². The minimum atomic E-state index is -0.970. The minimum absolute atomic E-state index is 0.158. The minimum Gasteiger partial charge on any atom is -0.478 e. The van der Waals surface area contributed by atoms with Crippen molar-refractivity contribution in [3.8, 4) is 0 Å². The average Bonchev–Trinajstić information content (AvgIpc) is 2.16. The summed E-state index contributed by atoms with van der Waals surface area (Å²) >= 11 is 0. The standard InChI is InChI=1S/C10H11NO4/c12-10(13)7-1-2-8(11-3-7)4-15-9-5-14-6-9/h1-3,9H,4-6H2,(H,12,13). The van der Waals surface area contributed by atoms with E-state index >= 15 is 0 Å². The lowest BCUT2D eigenvalue weighted by molar-refractivity contribution is -0.135. The van der Waals surface area contributed by atoms with Crippen LogP contribution in [0.2, 0.25) is 0 Å². The number of nitrogens with zero attached hydrogens (tertiary/aromatic N) is 1. The second kappa shape index (κ2) is 4.37. The summed E-state index contributed by atoms with van der Waals surface area (Å²) in [5, 5.41) is 8.65. The first-order chi connectivity index (χ1) is 7.25. The number of rotatable bonds is 4. The van der Waals surface area contributed by atoms with Crippen LogP contribution in [0.1, 0.15) is 16.1 Å². The summed E-state index contributed by atoms with van der Waals surface area (Å²) in [6.45, 7) is 1.66. The number of pyridine rings is 1. The first-order valence-corrected chi connectivity index (χ1v) is 4.63. The van der Waals surface area contributed by atoms with Gasteiger partial charge in [-0.3, -0.25) is 4.98 Å². The Morgan fingerprint density at radius 3 is 2.87 bits per heavy atom. The highest BCUT2D eigenvalue weighted by Gasteiger charge is 2.18. The molecule has 1 saturated heterocycles. The fourth-order valence-corrected chi connectivity index (χ4v) is 1.15. The maximum atomic E-state index is 10.5. The van der Waals surface area contributed by atoms with Crippen LogP contribution >= 0.6 is 0 Å². The van der Waals surface area contributed by atoms with E-state index < -0.39 is 5.97 Å². The van der Waals surface area contributed by atoms with Gasteiger partial charge in [-0.2, -0.15) is 0 Å². The molecule has 5 nitrogen and oxygen atoms in total. The van der Waals surface area contributed by atoms with Crippen molar-refractivity contribution in [3.05, 3.63) is 29.6 Å². The molecule has 2 heterocycles. The van der Waals surface area contributed by atoms with Crippen LogP contribution in [0.4, 0.5) is 0 Å². The number of hydrogen-bond donors (Lipinski definition) is 1. The second-order valence-electron chi connectivity index (χ2n) is 3.31. The molecule has 0 unspecified atom stereocenters. The number of carboxylic acid groups (broad SMARTS) is 1. The smallest absolute Gasteiger partial charge is 0.337 e. The number of aromatic carboxylic acids is 1. The molecule has 0 aliphatic carbocycles. The monoisotopic (exact) mass is 209 g/mol. The number of hydrogen-bond acceptors (Lipinski definition) is 4. The van der Waals surface area contributed by atoms with Crippen LogP contribution < -0.4 is 0 Å². The Labute approximate surface area is 86.7 Å². The van der Waals surface area contributed by atoms with Gasteiger partial charge in [0, 0.05) is 6.20 Å². The average molecular weight is 209 g/mol. The lowest BCUT2D eigenvalue weighted by Gasteiger charge is -2.25. The van der Waals surface area contributed by atoms with Crippen molar-refractivity contribution >= 4 is 5.97 Å². The molecule has 1 N–H and O–H groups in total. The molecule has 0 bridgehead atoms. The summed E-state index contributed by atoms with van der Waals surface area (Å²) in [6.07, 6.45) is 1.49. The summed E-state index contributed by atoms with van der Waals surface area (Å²) in [5.74, 6) is -0.970. The van der Waals surface area contributed by atoms with Crippen LogP contribution in [-0.2, 0) is 16.1 Å². The van der Waals surface area contributed by atoms with Gasteiger partial charge in [-0.15, -0.1) is 0 Å². The third-order valence-electron chi connectivity index (χ3n) is 2.15. The largest absolute Gasteiger partial charge is 0.478 e. The lowest BCUT2D eigenvalue weighted by Crippen LogP contribution is -2.35. The van der Waals surface area contributed by atoms with E-state index in [9.17, 15) is 4.79 Å². The van der Waals surface area contributed by atoms with E-state index in [-0.39, 0.29) is 11.7 Å². The van der Waals surface area contributed by atoms with Crippen LogP contribution in [0.25, 0.3) is 0 Å². The topological polar surface area (TPSA) is 68.7 Å². The number of aromatic nitrogens is 1. The summed E-state index contributed by atoms with van der Waals surface area (Å²) in [4.78, 5) is 14.5. The zero-order valence-corrected chi connectivity index (χ0v) is 8.05. The van der Waals surface area contributed by atoms with Crippen LogP contribution in [0.3, 0.4) is 0 Å². The fraction of sp³-hybridized carbons (Fsp3) is 0.400. The van der Waals surface area contributed by atoms with Gasteiger partial charge in [0.1, 0.15) is 6.10 Å². The molecule has 80 valence electrons. The quantitative estimate of drug-likeness (QED) is 0.790. The van der Waals surface area contributed by atoms with Gasteiger partial charge in [-0.25, -0.2) is 4.79 Å². The molecule has 0 radical (unpaired) electrons. The third kappa shape index (κ3) is 2.51. The van der Waals surface area contributed by atoms with Crippen molar-refractivity contribution in [2.24, 2.45) is 0 Å². The van der Waals surface area contributed by atoms with Crippen LogP contribution in [0, 0.1) is 0 Å². The molecule has 5 heteroatoms. The molecule has 0 atom stereocenters. The summed E-state index contributed by atoms with van der Waals surface area (Å²) in [6, 6.07) is 3.17. The van der Waals surface area contributed by atoms with E-state index in [2.05, 4.69) is 4.98 Å². The fourth-order valence-electron chi connectivity index (χ4n) is 1.15. The Hall–Kier alpha value is -1.46. The van der Waals surface area contributed by atoms with E-state index in [0.29, 0.717) is 19.8 Å². The van der Waals surface area contributed by atoms with Crippen LogP contribution in [-0.4, -0.2) is 35.4 Å². The van der Waals surface area contributed by atoms with Crippen molar-refractivity contribution in [2.75, 3.05) is 13.2 Å². The SMILES string of the molecule is O=C(O)c1ccc(COC2COC2)nc1. The lowest BCUT2D eigenvalue weighted by atomic mass is 10.2. The third-order valence-corrected chi connectivity index (χ3v) is 2.15. The summed E-state index contributed by atoms with van der Waals surface area (Å²) in [7, 11) is 0. The number of carboxylic acids is 1. The predicted octanol–water partition coefficient (Wildman–Crippen LogP) is 0.695. The molecular weight excluding hydrogens is 198 g/mol. The molecule has 1 aromatic rings. The Bertz CT molecular complexity index is 345. The molecule has 0 saturated carbocycles. The maximum absolute atomic E-state index is 10.5. The van der Waals surface area contributed by atoms with E-state index in [1.165, 1.54) is 12.3 Å². The Morgan fingerprint density at radius 1 is 1.60 bits per heavy atom. The first-order valence-electron chi connectivity index (χ1n) is 4.63. The zero-order chi connectivity index (χ0) is 10.7. The summed E-state index contributed by atoms with van der Waals surface area (Å²) < 4.78 is 10.4. The molecule has 1 aliphatic heterocycles. The van der Waals surface area contributed by atoms with Crippen LogP contribution in [0.15, 0.2) is 18.3 Å². The molecule has 1 fully saturated rings. The normalized spacial score (nSPS) is 16.0. The van der Waals surface area contributed by atoms with E-state index in [4.69, 9.17) is 14.6 Å². The van der Waals surface area contributed by atoms with E-state index in [1.807, 2.05) is 0 Å². The van der Waals surface area contributed by atoms with Crippen LogP contribution in [0.5, 0.6) is 0 Å². The van der Waals surface area contributed by atoms with Gasteiger partial charge >= 0.3 is 5.97 Å². The van der Waals surface area contributed by atoms with Crippen molar-refractivity contribution in [3.63, 3.8) is 0 Å². The Balaban J connectivity index is 1.88. The molecule has 15 heavy (non-hydrogen) atoms. The van der Waals surface area contributed by atoms with Gasteiger partial charge in [-0.05, 0) is 12.1 Å². The van der Waals surface area contributed by atoms with Crippen molar-refractivity contribution in [2.45, 2.75) is 12.7 Å². The van der Waals surface area contributed by atoms with E-state index in [1.54, 1.807) is 6.07 Å². The highest BCUT2D eigenvalue weighted by molar-refractivity contribution is 5.87. The Kier molecular flexibility index (Phi) is 2.94. The molecule has 0 aromatic carbocycles. The molecule has 0 amide bonds. The van der Waals surface area contributed by atoms with Gasteiger partial charge in [-0.1, -0.05) is 0 Å². The van der Waals surface area contributed by atoms with E-state index in [0.717, 1.165) is 5.69 Å². The number of ether oxygens (including phenoxy) is 2. The summed E-state index contributed by atoms with van der Waals surface area (Å²) in [5.41, 5.74) is 0.914. The van der Waals surface area contributed by atoms with Crippen molar-refractivity contribution < 1.29 is 19.4 Å². The molecule has 1 aliphatic rings. The second-order valence-corrected chi connectivity index (χ2v) is 3.31. The highest BCUT2D eigenvalue weighted by Crippen LogP contribution is 2.09. The van der Waals surface area contributed by atoms with Gasteiger partial charge in [0.15, 0.2) is 0 Å². The highest BCUT2D eigenvalue weighted by atomic mass is 16.6. The first kappa shape index (κ1) is 10.1. The molecule has 1 aromatic heterocycles. The molecule has 2 rings (SSSR count). The zero-order valence-electron chi connectivity index (χ0n) is 8.05. The van der Waals surface area contributed by atoms with Crippen molar-refractivity contribution in [1.82, 2.24) is 4.98 Å². The van der Waals surface area contributed by atoms with Gasteiger partial charge < -0.3 is 14.6 Å². The molecule has 0 spiro atoms. The predicted molar refractivity (Wildman–Crippen MR) is 50.6 cm³/mol.